The van der Waals surface area contributed by atoms with Gasteiger partial charge >= 0.3 is 0 Å². The second-order valence-electron chi connectivity index (χ2n) is 4.87. The zero-order valence-electron chi connectivity index (χ0n) is 11.9. The molecule has 0 heterocycles. The predicted octanol–water partition coefficient (Wildman–Crippen LogP) is 1.98. The highest BCUT2D eigenvalue weighted by molar-refractivity contribution is 4.78. The smallest absolute Gasteiger partial charge is 0.0613 e. The standard InChI is InChI=1S/C13H30N2O/c1-7-12(8-2)13(15(4)5)9-14-11(3)10-16-6/h11-14H,7-10H2,1-6H3. The predicted molar refractivity (Wildman–Crippen MR) is 70.9 cm³/mol. The van der Waals surface area contributed by atoms with Gasteiger partial charge in [-0.1, -0.05) is 26.7 Å². The maximum absolute atomic E-state index is 5.13. The van der Waals surface area contributed by atoms with Crippen molar-refractivity contribution >= 4 is 0 Å². The molecule has 0 saturated carbocycles. The van der Waals surface area contributed by atoms with Crippen LogP contribution in [0.15, 0.2) is 0 Å². The van der Waals surface area contributed by atoms with Gasteiger partial charge < -0.3 is 15.0 Å². The number of hydrogen-bond acceptors (Lipinski definition) is 3. The second kappa shape index (κ2) is 8.97. The molecular weight excluding hydrogens is 200 g/mol. The molecule has 2 unspecified atom stereocenters. The van der Waals surface area contributed by atoms with Gasteiger partial charge in [-0.3, -0.25) is 0 Å². The van der Waals surface area contributed by atoms with Gasteiger partial charge in [0.2, 0.25) is 0 Å². The zero-order chi connectivity index (χ0) is 12.6. The Labute approximate surface area is 102 Å². The molecule has 0 spiro atoms. The monoisotopic (exact) mass is 230 g/mol. The van der Waals surface area contributed by atoms with E-state index in [9.17, 15) is 0 Å². The average molecular weight is 230 g/mol. The van der Waals surface area contributed by atoms with E-state index in [4.69, 9.17) is 4.74 Å². The molecule has 0 aliphatic carbocycles. The SMILES string of the molecule is CCC(CC)C(CNC(C)COC)N(C)C. The Bertz CT molecular complexity index is 158. The van der Waals surface area contributed by atoms with Gasteiger partial charge in [0.25, 0.3) is 0 Å². The third kappa shape index (κ3) is 5.83. The first kappa shape index (κ1) is 15.9. The van der Waals surface area contributed by atoms with E-state index >= 15 is 0 Å². The van der Waals surface area contributed by atoms with E-state index in [1.54, 1.807) is 7.11 Å². The Morgan fingerprint density at radius 2 is 1.75 bits per heavy atom. The Balaban J connectivity index is 4.12. The van der Waals surface area contributed by atoms with Crippen molar-refractivity contribution in [1.29, 1.82) is 0 Å². The van der Waals surface area contributed by atoms with Gasteiger partial charge in [-0.25, -0.2) is 0 Å². The lowest BCUT2D eigenvalue weighted by Crippen LogP contribution is -2.46. The van der Waals surface area contributed by atoms with Gasteiger partial charge in [-0.05, 0) is 26.9 Å². The lowest BCUT2D eigenvalue weighted by atomic mass is 9.93. The third-order valence-corrected chi connectivity index (χ3v) is 3.35. The molecule has 0 rings (SSSR count). The van der Waals surface area contributed by atoms with E-state index < -0.39 is 0 Å². The summed E-state index contributed by atoms with van der Waals surface area (Å²) >= 11 is 0. The topological polar surface area (TPSA) is 24.5 Å². The van der Waals surface area contributed by atoms with Gasteiger partial charge in [-0.2, -0.15) is 0 Å². The van der Waals surface area contributed by atoms with Crippen LogP contribution in [-0.2, 0) is 4.74 Å². The number of rotatable bonds is 9. The highest BCUT2D eigenvalue weighted by Crippen LogP contribution is 2.16. The minimum absolute atomic E-state index is 0.432. The average Bonchev–Trinajstić information content (AvgIpc) is 2.24. The molecular formula is C13H30N2O. The highest BCUT2D eigenvalue weighted by atomic mass is 16.5. The van der Waals surface area contributed by atoms with E-state index in [1.807, 2.05) is 0 Å². The van der Waals surface area contributed by atoms with Crippen LogP contribution < -0.4 is 5.32 Å². The summed E-state index contributed by atoms with van der Waals surface area (Å²) in [6.07, 6.45) is 2.50. The summed E-state index contributed by atoms with van der Waals surface area (Å²) in [4.78, 5) is 2.34. The van der Waals surface area contributed by atoms with Crippen molar-refractivity contribution in [2.75, 3.05) is 34.4 Å². The van der Waals surface area contributed by atoms with Crippen LogP contribution in [0.4, 0.5) is 0 Å². The fourth-order valence-electron chi connectivity index (χ4n) is 2.23. The van der Waals surface area contributed by atoms with Crippen LogP contribution >= 0.6 is 0 Å². The van der Waals surface area contributed by atoms with Crippen molar-refractivity contribution in [3.8, 4) is 0 Å². The first-order chi connectivity index (χ1) is 7.56. The maximum atomic E-state index is 5.13. The van der Waals surface area contributed by atoms with Gasteiger partial charge in [-0.15, -0.1) is 0 Å². The Morgan fingerprint density at radius 1 is 1.19 bits per heavy atom. The molecule has 0 aromatic heterocycles. The molecule has 0 amide bonds. The molecule has 16 heavy (non-hydrogen) atoms. The molecule has 0 fully saturated rings. The van der Waals surface area contributed by atoms with Crippen molar-refractivity contribution in [1.82, 2.24) is 10.2 Å². The Morgan fingerprint density at radius 3 is 2.12 bits per heavy atom. The molecule has 0 bridgehead atoms. The quantitative estimate of drug-likeness (QED) is 0.655. The van der Waals surface area contributed by atoms with Crippen LogP contribution in [-0.4, -0.2) is 51.3 Å². The largest absolute Gasteiger partial charge is 0.383 e. The summed E-state index contributed by atoms with van der Waals surface area (Å²) < 4.78 is 5.13. The third-order valence-electron chi connectivity index (χ3n) is 3.35. The summed E-state index contributed by atoms with van der Waals surface area (Å²) in [7, 11) is 6.10. The van der Waals surface area contributed by atoms with E-state index in [2.05, 4.69) is 45.1 Å². The van der Waals surface area contributed by atoms with Gasteiger partial charge in [0.15, 0.2) is 0 Å². The Hall–Kier alpha value is -0.120. The minimum atomic E-state index is 0.432. The fraction of sp³-hybridized carbons (Fsp3) is 1.00. The van der Waals surface area contributed by atoms with Crippen molar-refractivity contribution in [3.63, 3.8) is 0 Å². The molecule has 0 aliphatic heterocycles. The van der Waals surface area contributed by atoms with E-state index in [1.165, 1.54) is 12.8 Å². The van der Waals surface area contributed by atoms with Crippen molar-refractivity contribution in [2.45, 2.75) is 45.7 Å². The number of likely N-dealkylation sites (N-methyl/N-ethyl adjacent to an activating group) is 1. The van der Waals surface area contributed by atoms with Crippen LogP contribution in [0.25, 0.3) is 0 Å². The lowest BCUT2D eigenvalue weighted by molar-refractivity contribution is 0.152. The summed E-state index contributed by atoms with van der Waals surface area (Å²) in [6.45, 7) is 8.56. The molecule has 1 N–H and O–H groups in total. The van der Waals surface area contributed by atoms with E-state index in [0.29, 0.717) is 12.1 Å². The zero-order valence-corrected chi connectivity index (χ0v) is 11.9. The van der Waals surface area contributed by atoms with E-state index in [-0.39, 0.29) is 0 Å². The molecule has 0 saturated heterocycles. The summed E-state index contributed by atoms with van der Waals surface area (Å²) in [6, 6.07) is 1.05. The van der Waals surface area contributed by atoms with Gasteiger partial charge in [0, 0.05) is 25.7 Å². The molecule has 0 aromatic carbocycles. The van der Waals surface area contributed by atoms with Crippen LogP contribution in [0.2, 0.25) is 0 Å². The number of methoxy groups -OCH3 is 1. The second-order valence-corrected chi connectivity index (χ2v) is 4.87. The lowest BCUT2D eigenvalue weighted by Gasteiger charge is -2.32. The summed E-state index contributed by atoms with van der Waals surface area (Å²) in [5.41, 5.74) is 0. The summed E-state index contributed by atoms with van der Waals surface area (Å²) in [5.74, 6) is 0.775. The van der Waals surface area contributed by atoms with Gasteiger partial charge in [0.1, 0.15) is 0 Å². The first-order valence-electron chi connectivity index (χ1n) is 6.45. The highest BCUT2D eigenvalue weighted by Gasteiger charge is 2.20. The van der Waals surface area contributed by atoms with Crippen LogP contribution in [0.5, 0.6) is 0 Å². The molecule has 2 atom stereocenters. The first-order valence-corrected chi connectivity index (χ1v) is 6.45. The van der Waals surface area contributed by atoms with E-state index in [0.717, 1.165) is 19.1 Å². The summed E-state index contributed by atoms with van der Waals surface area (Å²) in [5, 5.41) is 3.55. The number of nitrogens with one attached hydrogen (secondary N) is 1. The molecule has 98 valence electrons. The molecule has 0 aliphatic rings. The molecule has 3 nitrogen and oxygen atoms in total. The van der Waals surface area contributed by atoms with Crippen molar-refractivity contribution in [2.24, 2.45) is 5.92 Å². The van der Waals surface area contributed by atoms with Gasteiger partial charge in [0.05, 0.1) is 6.61 Å². The number of nitrogens with zero attached hydrogens (tertiary/aromatic N) is 1. The van der Waals surface area contributed by atoms with Crippen molar-refractivity contribution in [3.05, 3.63) is 0 Å². The van der Waals surface area contributed by atoms with Crippen LogP contribution in [0, 0.1) is 5.92 Å². The molecule has 0 aromatic rings. The number of hydrogen-bond donors (Lipinski definition) is 1. The normalized spacial score (nSPS) is 15.8. The Kier molecular flexibility index (Phi) is 8.90. The minimum Gasteiger partial charge on any atom is -0.383 e. The molecule has 0 radical (unpaired) electrons. The van der Waals surface area contributed by atoms with Crippen molar-refractivity contribution < 1.29 is 4.74 Å². The fourth-order valence-corrected chi connectivity index (χ4v) is 2.23. The molecule has 3 heteroatoms. The van der Waals surface area contributed by atoms with Crippen LogP contribution in [0.1, 0.15) is 33.6 Å². The maximum Gasteiger partial charge on any atom is 0.0613 e. The van der Waals surface area contributed by atoms with Crippen LogP contribution in [0.3, 0.4) is 0 Å². The number of ether oxygens (including phenoxy) is 1.